The van der Waals surface area contributed by atoms with Crippen molar-refractivity contribution in [3.8, 4) is 0 Å². The van der Waals surface area contributed by atoms with Crippen molar-refractivity contribution in [2.24, 2.45) is 0 Å². The largest absolute Gasteiger partial charge is 0.477 e. The Morgan fingerprint density at radius 1 is 1.38 bits per heavy atom. The molecule has 0 fully saturated rings. The minimum Gasteiger partial charge on any atom is -0.477 e. The molecular formula is C12H10FNO2. The number of carbonyl (C=O) groups is 1. The zero-order chi connectivity index (χ0) is 11.5. The van der Waals surface area contributed by atoms with Crippen LogP contribution in [0.4, 0.5) is 4.39 Å². The molecule has 1 heterocycles. The molecule has 0 unspecified atom stereocenters. The van der Waals surface area contributed by atoms with E-state index in [0.717, 1.165) is 5.56 Å². The quantitative estimate of drug-likeness (QED) is 0.833. The topological polar surface area (TPSA) is 53.1 Å². The summed E-state index contributed by atoms with van der Waals surface area (Å²) in [6.45, 7) is 0. The van der Waals surface area contributed by atoms with Gasteiger partial charge in [-0.2, -0.15) is 0 Å². The maximum Gasteiger partial charge on any atom is 0.352 e. The van der Waals surface area contributed by atoms with Gasteiger partial charge in [-0.3, -0.25) is 0 Å². The van der Waals surface area contributed by atoms with E-state index in [9.17, 15) is 9.18 Å². The van der Waals surface area contributed by atoms with Gasteiger partial charge >= 0.3 is 5.97 Å². The Hall–Kier alpha value is -2.10. The summed E-state index contributed by atoms with van der Waals surface area (Å²) in [6, 6.07) is 7.96. The number of H-pyrrole nitrogens is 1. The molecule has 2 N–H and O–H groups in total. The van der Waals surface area contributed by atoms with Gasteiger partial charge < -0.3 is 10.1 Å². The van der Waals surface area contributed by atoms with Crippen molar-refractivity contribution >= 4 is 5.97 Å². The molecule has 2 rings (SSSR count). The first-order valence-electron chi connectivity index (χ1n) is 4.81. The van der Waals surface area contributed by atoms with E-state index in [1.807, 2.05) is 0 Å². The van der Waals surface area contributed by atoms with Crippen molar-refractivity contribution in [3.05, 3.63) is 59.2 Å². The van der Waals surface area contributed by atoms with Crippen molar-refractivity contribution in [2.45, 2.75) is 6.42 Å². The predicted octanol–water partition coefficient (Wildman–Crippen LogP) is 2.44. The molecule has 0 aliphatic heterocycles. The molecule has 1 aromatic carbocycles. The molecule has 0 spiro atoms. The second-order valence-corrected chi connectivity index (χ2v) is 3.49. The van der Waals surface area contributed by atoms with Crippen LogP contribution in [-0.2, 0) is 6.42 Å². The van der Waals surface area contributed by atoms with Crippen LogP contribution in [0.2, 0.25) is 0 Å². The number of hydrogen-bond donors (Lipinski definition) is 2. The fraction of sp³-hybridized carbons (Fsp3) is 0.0833. The molecule has 1 aromatic heterocycles. The van der Waals surface area contributed by atoms with Crippen LogP contribution in [0.5, 0.6) is 0 Å². The van der Waals surface area contributed by atoms with Gasteiger partial charge in [-0.15, -0.1) is 0 Å². The van der Waals surface area contributed by atoms with Gasteiger partial charge in [0.25, 0.3) is 0 Å². The summed E-state index contributed by atoms with van der Waals surface area (Å²) >= 11 is 0. The zero-order valence-corrected chi connectivity index (χ0v) is 8.40. The first kappa shape index (κ1) is 10.4. The minimum absolute atomic E-state index is 0.117. The van der Waals surface area contributed by atoms with E-state index in [1.54, 1.807) is 24.4 Å². The van der Waals surface area contributed by atoms with Crippen LogP contribution in [0.15, 0.2) is 36.5 Å². The molecule has 0 amide bonds. The van der Waals surface area contributed by atoms with Gasteiger partial charge in [0.1, 0.15) is 11.5 Å². The number of carboxylic acid groups (broad SMARTS) is 1. The summed E-state index contributed by atoms with van der Waals surface area (Å²) < 4.78 is 13.3. The normalized spacial score (nSPS) is 10.3. The Morgan fingerprint density at radius 3 is 2.75 bits per heavy atom. The lowest BCUT2D eigenvalue weighted by molar-refractivity contribution is 0.0691. The van der Waals surface area contributed by atoms with E-state index >= 15 is 0 Å². The molecule has 2 aromatic rings. The third-order valence-electron chi connectivity index (χ3n) is 2.33. The Bertz CT molecular complexity index is 519. The highest BCUT2D eigenvalue weighted by molar-refractivity contribution is 5.85. The highest BCUT2D eigenvalue weighted by Crippen LogP contribution is 2.13. The molecular weight excluding hydrogens is 209 g/mol. The Kier molecular flexibility index (Phi) is 2.72. The van der Waals surface area contributed by atoms with E-state index in [0.29, 0.717) is 12.0 Å². The van der Waals surface area contributed by atoms with Gasteiger partial charge in [-0.1, -0.05) is 18.2 Å². The third kappa shape index (κ3) is 2.11. The molecule has 0 saturated heterocycles. The molecule has 16 heavy (non-hydrogen) atoms. The van der Waals surface area contributed by atoms with Gasteiger partial charge in [-0.25, -0.2) is 9.18 Å². The number of aromatic nitrogens is 1. The van der Waals surface area contributed by atoms with Crippen molar-refractivity contribution < 1.29 is 14.3 Å². The molecule has 0 aliphatic rings. The van der Waals surface area contributed by atoms with Crippen LogP contribution in [-0.4, -0.2) is 16.1 Å². The van der Waals surface area contributed by atoms with Crippen LogP contribution >= 0.6 is 0 Å². The third-order valence-corrected chi connectivity index (χ3v) is 2.33. The second-order valence-electron chi connectivity index (χ2n) is 3.49. The Balaban J connectivity index is 2.21. The number of hydrogen-bond acceptors (Lipinski definition) is 1. The predicted molar refractivity (Wildman–Crippen MR) is 57.0 cm³/mol. The minimum atomic E-state index is -1.01. The number of aromatic carboxylic acids is 1. The fourth-order valence-electron chi connectivity index (χ4n) is 1.53. The van der Waals surface area contributed by atoms with E-state index in [1.165, 1.54) is 12.1 Å². The first-order chi connectivity index (χ1) is 7.66. The molecule has 0 atom stereocenters. The number of rotatable bonds is 3. The summed E-state index contributed by atoms with van der Waals surface area (Å²) in [6.07, 6.45) is 1.96. The summed E-state index contributed by atoms with van der Waals surface area (Å²) in [7, 11) is 0. The van der Waals surface area contributed by atoms with Crippen LogP contribution < -0.4 is 0 Å². The van der Waals surface area contributed by atoms with Crippen LogP contribution in [0, 0.1) is 5.82 Å². The number of aromatic amines is 1. The lowest BCUT2D eigenvalue weighted by Crippen LogP contribution is -1.95. The average molecular weight is 219 g/mol. The van der Waals surface area contributed by atoms with Crippen LogP contribution in [0.3, 0.4) is 0 Å². The van der Waals surface area contributed by atoms with Crippen molar-refractivity contribution in [1.29, 1.82) is 0 Å². The van der Waals surface area contributed by atoms with Gasteiger partial charge in [0.15, 0.2) is 0 Å². The highest BCUT2D eigenvalue weighted by Gasteiger charge is 2.08. The van der Waals surface area contributed by atoms with Crippen molar-refractivity contribution in [3.63, 3.8) is 0 Å². The van der Waals surface area contributed by atoms with Crippen LogP contribution in [0.1, 0.15) is 21.6 Å². The smallest absolute Gasteiger partial charge is 0.352 e. The highest BCUT2D eigenvalue weighted by atomic mass is 19.1. The van der Waals surface area contributed by atoms with Gasteiger partial charge in [0.2, 0.25) is 0 Å². The SMILES string of the molecule is O=C(O)c1cc(Cc2ccccc2F)c[nH]1. The maximum atomic E-state index is 13.3. The Labute approximate surface area is 91.5 Å². The van der Waals surface area contributed by atoms with Gasteiger partial charge in [0, 0.05) is 12.6 Å². The van der Waals surface area contributed by atoms with Crippen molar-refractivity contribution in [1.82, 2.24) is 4.98 Å². The van der Waals surface area contributed by atoms with Crippen molar-refractivity contribution in [2.75, 3.05) is 0 Å². The zero-order valence-electron chi connectivity index (χ0n) is 8.40. The van der Waals surface area contributed by atoms with Gasteiger partial charge in [0.05, 0.1) is 0 Å². The molecule has 3 nitrogen and oxygen atoms in total. The average Bonchev–Trinajstić information content (AvgIpc) is 2.70. The lowest BCUT2D eigenvalue weighted by Gasteiger charge is -1.99. The molecule has 0 aliphatic carbocycles. The standard InChI is InChI=1S/C12H10FNO2/c13-10-4-2-1-3-9(10)5-8-6-11(12(15)16)14-7-8/h1-4,6-7,14H,5H2,(H,15,16). The summed E-state index contributed by atoms with van der Waals surface area (Å²) in [4.78, 5) is 13.3. The lowest BCUT2D eigenvalue weighted by atomic mass is 10.1. The van der Waals surface area contributed by atoms with E-state index < -0.39 is 5.97 Å². The summed E-state index contributed by atoms with van der Waals surface area (Å²) in [5, 5.41) is 8.71. The molecule has 0 saturated carbocycles. The molecule has 4 heteroatoms. The first-order valence-corrected chi connectivity index (χ1v) is 4.81. The molecule has 82 valence electrons. The second kappa shape index (κ2) is 4.18. The summed E-state index contributed by atoms with van der Waals surface area (Å²) in [5.74, 6) is -1.29. The maximum absolute atomic E-state index is 13.3. The van der Waals surface area contributed by atoms with Gasteiger partial charge in [-0.05, 0) is 23.3 Å². The van der Waals surface area contributed by atoms with E-state index in [4.69, 9.17) is 5.11 Å². The Morgan fingerprint density at radius 2 is 2.12 bits per heavy atom. The van der Waals surface area contributed by atoms with E-state index in [2.05, 4.69) is 4.98 Å². The van der Waals surface area contributed by atoms with Crippen LogP contribution in [0.25, 0.3) is 0 Å². The molecule has 0 radical (unpaired) electrons. The number of benzene rings is 1. The number of nitrogens with one attached hydrogen (secondary N) is 1. The molecule has 0 bridgehead atoms. The summed E-state index contributed by atoms with van der Waals surface area (Å²) in [5.41, 5.74) is 1.42. The van der Waals surface area contributed by atoms with E-state index in [-0.39, 0.29) is 11.5 Å². The monoisotopic (exact) mass is 219 g/mol. The number of halogens is 1. The fourth-order valence-corrected chi connectivity index (χ4v) is 1.53. The number of carboxylic acids is 1.